The van der Waals surface area contributed by atoms with Crippen LogP contribution in [0.15, 0.2) is 18.2 Å². The number of amides is 2. The van der Waals surface area contributed by atoms with Crippen molar-refractivity contribution in [3.63, 3.8) is 0 Å². The van der Waals surface area contributed by atoms with Crippen LogP contribution < -0.4 is 10.1 Å². The number of carbonyl (C=O) groups is 2. The van der Waals surface area contributed by atoms with E-state index in [1.165, 1.54) is 31.2 Å². The first-order valence-electron chi connectivity index (χ1n) is 11.3. The number of rotatable bonds is 4. The lowest BCUT2D eigenvalue weighted by Crippen LogP contribution is -2.49. The molecule has 0 radical (unpaired) electrons. The molecule has 1 aromatic rings. The zero-order valence-electron chi connectivity index (χ0n) is 17.8. The van der Waals surface area contributed by atoms with Gasteiger partial charge < -0.3 is 15.0 Å². The highest BCUT2D eigenvalue weighted by Crippen LogP contribution is 2.35. The van der Waals surface area contributed by atoms with Crippen LogP contribution >= 0.6 is 0 Å². The Hall–Kier alpha value is -2.04. The molecule has 2 amide bonds. The molecular weight excluding hydrogens is 364 g/mol. The van der Waals surface area contributed by atoms with E-state index in [9.17, 15) is 9.59 Å². The van der Waals surface area contributed by atoms with E-state index >= 15 is 0 Å². The van der Waals surface area contributed by atoms with Gasteiger partial charge in [-0.15, -0.1) is 0 Å². The maximum absolute atomic E-state index is 12.8. The SMILES string of the molecule is CC1(C)Cc2cc(CNC(=O)[C@@H]3CCC(=O)N(C4CCCCCC4)C3)ccc2O1. The molecular formula is C24H34N2O3. The second kappa shape index (κ2) is 8.37. The van der Waals surface area contributed by atoms with E-state index in [2.05, 4.69) is 25.2 Å². The molecule has 1 aromatic carbocycles. The van der Waals surface area contributed by atoms with Crippen molar-refractivity contribution < 1.29 is 14.3 Å². The van der Waals surface area contributed by atoms with Gasteiger partial charge in [0.25, 0.3) is 0 Å². The molecule has 1 saturated carbocycles. The topological polar surface area (TPSA) is 58.6 Å². The Kier molecular flexibility index (Phi) is 5.84. The summed E-state index contributed by atoms with van der Waals surface area (Å²) in [5.41, 5.74) is 2.16. The zero-order valence-corrected chi connectivity index (χ0v) is 17.8. The van der Waals surface area contributed by atoms with Gasteiger partial charge in [0.05, 0.1) is 5.92 Å². The Balaban J connectivity index is 1.33. The lowest BCUT2D eigenvalue weighted by Gasteiger charge is -2.37. The van der Waals surface area contributed by atoms with E-state index in [1.54, 1.807) is 0 Å². The first-order valence-corrected chi connectivity index (χ1v) is 11.3. The summed E-state index contributed by atoms with van der Waals surface area (Å²) in [5.74, 6) is 1.18. The predicted octanol–water partition coefficient (Wildman–Crippen LogP) is 3.98. The monoisotopic (exact) mass is 398 g/mol. The van der Waals surface area contributed by atoms with Crippen LogP contribution in [-0.4, -0.2) is 34.9 Å². The van der Waals surface area contributed by atoms with Crippen LogP contribution in [0.25, 0.3) is 0 Å². The molecule has 0 spiro atoms. The van der Waals surface area contributed by atoms with Crippen molar-refractivity contribution in [1.29, 1.82) is 0 Å². The van der Waals surface area contributed by atoms with Crippen molar-refractivity contribution in [3.05, 3.63) is 29.3 Å². The Morgan fingerprint density at radius 1 is 1.17 bits per heavy atom. The standard InChI is InChI=1S/C24H34N2O3/c1-24(2)14-19-13-17(9-11-21(19)29-24)15-25-23(28)18-10-12-22(27)26(16-18)20-7-5-3-4-6-8-20/h9,11,13,18,20H,3-8,10,12,14-16H2,1-2H3,(H,25,28)/t18-/m1/s1. The van der Waals surface area contributed by atoms with Gasteiger partial charge in [-0.25, -0.2) is 0 Å². The predicted molar refractivity (Wildman–Crippen MR) is 113 cm³/mol. The summed E-state index contributed by atoms with van der Waals surface area (Å²) >= 11 is 0. The number of likely N-dealkylation sites (tertiary alicyclic amines) is 1. The van der Waals surface area contributed by atoms with Crippen LogP contribution in [0, 0.1) is 5.92 Å². The maximum Gasteiger partial charge on any atom is 0.225 e. The number of nitrogens with zero attached hydrogens (tertiary/aromatic N) is 1. The Morgan fingerprint density at radius 2 is 1.93 bits per heavy atom. The fourth-order valence-corrected chi connectivity index (χ4v) is 5.11. The summed E-state index contributed by atoms with van der Waals surface area (Å²) in [6.45, 7) is 5.31. The van der Waals surface area contributed by atoms with Crippen LogP contribution in [-0.2, 0) is 22.6 Å². The van der Waals surface area contributed by atoms with Crippen LogP contribution in [0.2, 0.25) is 0 Å². The van der Waals surface area contributed by atoms with Crippen molar-refractivity contribution in [3.8, 4) is 5.75 Å². The molecule has 29 heavy (non-hydrogen) atoms. The number of piperidine rings is 1. The smallest absolute Gasteiger partial charge is 0.225 e. The van der Waals surface area contributed by atoms with Gasteiger partial charge in [-0.1, -0.05) is 37.8 Å². The third-order valence-electron chi connectivity index (χ3n) is 6.67. The van der Waals surface area contributed by atoms with E-state index in [1.807, 2.05) is 17.0 Å². The minimum Gasteiger partial charge on any atom is -0.487 e. The molecule has 5 nitrogen and oxygen atoms in total. The lowest BCUT2D eigenvalue weighted by molar-refractivity contribution is -0.141. The lowest BCUT2D eigenvalue weighted by atomic mass is 9.93. The summed E-state index contributed by atoms with van der Waals surface area (Å²) in [6.07, 6.45) is 9.18. The van der Waals surface area contributed by atoms with Gasteiger partial charge in [0, 0.05) is 32.0 Å². The summed E-state index contributed by atoms with van der Waals surface area (Å²) in [7, 11) is 0. The number of fused-ring (bicyclic) bond motifs is 1. The molecule has 1 atom stereocenters. The molecule has 1 aliphatic carbocycles. The van der Waals surface area contributed by atoms with Crippen molar-refractivity contribution in [2.24, 2.45) is 5.92 Å². The fraction of sp³-hybridized carbons (Fsp3) is 0.667. The highest BCUT2D eigenvalue weighted by Gasteiger charge is 2.34. The number of hydrogen-bond donors (Lipinski definition) is 1. The molecule has 1 N–H and O–H groups in total. The third kappa shape index (κ3) is 4.76. The Labute approximate surface area is 174 Å². The molecule has 0 aromatic heterocycles. The van der Waals surface area contributed by atoms with Gasteiger partial charge in [0.2, 0.25) is 11.8 Å². The van der Waals surface area contributed by atoms with Gasteiger partial charge in [0.1, 0.15) is 11.4 Å². The fourth-order valence-electron chi connectivity index (χ4n) is 5.11. The van der Waals surface area contributed by atoms with Crippen LogP contribution in [0.5, 0.6) is 5.75 Å². The molecule has 1 saturated heterocycles. The van der Waals surface area contributed by atoms with E-state index in [-0.39, 0.29) is 23.3 Å². The molecule has 158 valence electrons. The second-order valence-corrected chi connectivity index (χ2v) is 9.63. The number of ether oxygens (including phenoxy) is 1. The van der Waals surface area contributed by atoms with Crippen molar-refractivity contribution in [2.45, 2.75) is 89.8 Å². The normalized spacial score (nSPS) is 24.6. The molecule has 5 heteroatoms. The zero-order chi connectivity index (χ0) is 20.4. The van der Waals surface area contributed by atoms with E-state index in [0.29, 0.717) is 32.0 Å². The highest BCUT2D eigenvalue weighted by atomic mass is 16.5. The molecule has 3 aliphatic rings. The van der Waals surface area contributed by atoms with Crippen LogP contribution in [0.1, 0.15) is 76.3 Å². The van der Waals surface area contributed by atoms with E-state index in [0.717, 1.165) is 30.6 Å². The molecule has 2 aliphatic heterocycles. The van der Waals surface area contributed by atoms with E-state index < -0.39 is 0 Å². The molecule has 0 bridgehead atoms. The van der Waals surface area contributed by atoms with Crippen molar-refractivity contribution >= 4 is 11.8 Å². The Morgan fingerprint density at radius 3 is 2.69 bits per heavy atom. The van der Waals surface area contributed by atoms with Crippen molar-refractivity contribution in [2.75, 3.05) is 6.54 Å². The summed E-state index contributed by atoms with van der Waals surface area (Å²) in [5, 5.41) is 3.11. The first-order chi connectivity index (χ1) is 13.9. The van der Waals surface area contributed by atoms with Gasteiger partial charge >= 0.3 is 0 Å². The minimum atomic E-state index is -0.152. The first kappa shape index (κ1) is 20.2. The van der Waals surface area contributed by atoms with Gasteiger partial charge in [0.15, 0.2) is 0 Å². The highest BCUT2D eigenvalue weighted by molar-refractivity contribution is 5.84. The summed E-state index contributed by atoms with van der Waals surface area (Å²) in [4.78, 5) is 27.4. The quantitative estimate of drug-likeness (QED) is 0.781. The molecule has 4 rings (SSSR count). The number of nitrogens with one attached hydrogen (secondary N) is 1. The van der Waals surface area contributed by atoms with E-state index in [4.69, 9.17) is 4.74 Å². The largest absolute Gasteiger partial charge is 0.487 e. The number of benzene rings is 1. The maximum atomic E-state index is 12.8. The molecule has 2 fully saturated rings. The van der Waals surface area contributed by atoms with Crippen molar-refractivity contribution in [1.82, 2.24) is 10.2 Å². The average molecular weight is 399 g/mol. The van der Waals surface area contributed by atoms with Gasteiger partial charge in [-0.2, -0.15) is 0 Å². The van der Waals surface area contributed by atoms with Crippen LogP contribution in [0.3, 0.4) is 0 Å². The number of carbonyl (C=O) groups excluding carboxylic acids is 2. The minimum absolute atomic E-state index is 0.0770. The molecule has 2 heterocycles. The summed E-state index contributed by atoms with van der Waals surface area (Å²) < 4.78 is 5.93. The van der Waals surface area contributed by atoms with Gasteiger partial charge in [-0.05, 0) is 50.3 Å². The third-order valence-corrected chi connectivity index (χ3v) is 6.67. The van der Waals surface area contributed by atoms with Gasteiger partial charge in [-0.3, -0.25) is 9.59 Å². The van der Waals surface area contributed by atoms with Crippen LogP contribution in [0.4, 0.5) is 0 Å². The molecule has 0 unspecified atom stereocenters. The Bertz CT molecular complexity index is 765. The number of hydrogen-bond acceptors (Lipinski definition) is 3. The average Bonchev–Trinajstić information content (AvgIpc) is 2.85. The summed E-state index contributed by atoms with van der Waals surface area (Å²) in [6, 6.07) is 6.52. The second-order valence-electron chi connectivity index (χ2n) is 9.63.